The summed E-state index contributed by atoms with van der Waals surface area (Å²) in [6.07, 6.45) is 2.93. The fourth-order valence-corrected chi connectivity index (χ4v) is 4.31. The van der Waals surface area contributed by atoms with Crippen molar-refractivity contribution in [2.75, 3.05) is 23.7 Å². The van der Waals surface area contributed by atoms with Crippen LogP contribution in [0.25, 0.3) is 10.2 Å². The van der Waals surface area contributed by atoms with E-state index in [0.717, 1.165) is 16.6 Å². The van der Waals surface area contributed by atoms with Gasteiger partial charge in [-0.05, 0) is 43.2 Å². The zero-order valence-electron chi connectivity index (χ0n) is 15.8. The summed E-state index contributed by atoms with van der Waals surface area (Å²) in [6.45, 7) is 2.41. The number of carbonyl (C=O) groups excluding carboxylic acids is 3. The van der Waals surface area contributed by atoms with E-state index in [0.29, 0.717) is 30.3 Å². The van der Waals surface area contributed by atoms with Crippen LogP contribution < -0.4 is 10.6 Å². The number of likely N-dealkylation sites (tertiary alicyclic amines) is 1. The van der Waals surface area contributed by atoms with Crippen LogP contribution in [0.3, 0.4) is 0 Å². The Morgan fingerprint density at radius 1 is 1.24 bits per heavy atom. The second kappa shape index (κ2) is 8.04. The largest absolute Gasteiger partial charge is 0.459 e. The van der Waals surface area contributed by atoms with Gasteiger partial charge in [0.1, 0.15) is 0 Å². The molecule has 1 aliphatic rings. The van der Waals surface area contributed by atoms with Gasteiger partial charge < -0.3 is 20.0 Å². The van der Waals surface area contributed by atoms with Gasteiger partial charge in [0.2, 0.25) is 11.8 Å². The summed E-state index contributed by atoms with van der Waals surface area (Å²) in [7, 11) is 0. The second-order valence-electron chi connectivity index (χ2n) is 6.94. The Bertz CT molecular complexity index is 1060. The van der Waals surface area contributed by atoms with E-state index in [1.54, 1.807) is 29.2 Å². The zero-order valence-corrected chi connectivity index (χ0v) is 16.6. The highest BCUT2D eigenvalue weighted by Gasteiger charge is 2.30. The van der Waals surface area contributed by atoms with Gasteiger partial charge in [0.05, 0.1) is 22.4 Å². The fourth-order valence-electron chi connectivity index (χ4n) is 3.40. The molecule has 1 fully saturated rings. The molecule has 29 heavy (non-hydrogen) atoms. The number of fused-ring (bicyclic) bond motifs is 1. The molecule has 8 nitrogen and oxygen atoms in total. The number of benzene rings is 1. The summed E-state index contributed by atoms with van der Waals surface area (Å²) in [5.41, 5.74) is 1.43. The van der Waals surface area contributed by atoms with Gasteiger partial charge in [-0.25, -0.2) is 4.98 Å². The molecule has 1 aromatic carbocycles. The van der Waals surface area contributed by atoms with Crippen molar-refractivity contribution in [2.45, 2.75) is 19.8 Å². The third kappa shape index (κ3) is 4.29. The molecule has 150 valence electrons. The normalized spacial score (nSPS) is 16.6. The van der Waals surface area contributed by atoms with Crippen LogP contribution in [0.5, 0.6) is 0 Å². The summed E-state index contributed by atoms with van der Waals surface area (Å²) >= 11 is 1.35. The Balaban J connectivity index is 1.43. The molecule has 1 aliphatic heterocycles. The lowest BCUT2D eigenvalue weighted by Gasteiger charge is -2.31. The van der Waals surface area contributed by atoms with Gasteiger partial charge in [0.25, 0.3) is 5.91 Å². The van der Waals surface area contributed by atoms with E-state index >= 15 is 0 Å². The first-order valence-electron chi connectivity index (χ1n) is 9.31. The number of hydrogen-bond acceptors (Lipinski definition) is 6. The Kier molecular flexibility index (Phi) is 5.30. The van der Waals surface area contributed by atoms with Crippen LogP contribution in [-0.4, -0.2) is 40.7 Å². The summed E-state index contributed by atoms with van der Waals surface area (Å²) in [6, 6.07) is 8.70. The Labute approximate surface area is 170 Å². The van der Waals surface area contributed by atoms with Crippen LogP contribution in [-0.2, 0) is 9.59 Å². The molecule has 0 aliphatic carbocycles. The molecule has 1 saturated heterocycles. The van der Waals surface area contributed by atoms with E-state index < -0.39 is 0 Å². The highest BCUT2D eigenvalue weighted by molar-refractivity contribution is 7.22. The van der Waals surface area contributed by atoms with Gasteiger partial charge in [-0.1, -0.05) is 11.3 Å². The minimum absolute atomic E-state index is 0.145. The molecule has 4 rings (SSSR count). The molecule has 1 atom stereocenters. The average molecular weight is 412 g/mol. The third-order valence-electron chi connectivity index (χ3n) is 4.75. The second-order valence-corrected chi connectivity index (χ2v) is 7.97. The van der Waals surface area contributed by atoms with Crippen molar-refractivity contribution in [1.29, 1.82) is 0 Å². The number of piperidine rings is 1. The third-order valence-corrected chi connectivity index (χ3v) is 5.68. The number of rotatable bonds is 4. The van der Waals surface area contributed by atoms with E-state index in [9.17, 15) is 14.4 Å². The lowest BCUT2D eigenvalue weighted by atomic mass is 9.97. The van der Waals surface area contributed by atoms with Crippen molar-refractivity contribution >= 4 is 50.1 Å². The number of amides is 3. The monoisotopic (exact) mass is 412 g/mol. The lowest BCUT2D eigenvalue weighted by Crippen LogP contribution is -2.43. The average Bonchev–Trinajstić information content (AvgIpc) is 3.36. The quantitative estimate of drug-likeness (QED) is 0.684. The minimum atomic E-state index is -0.301. The molecule has 9 heteroatoms. The van der Waals surface area contributed by atoms with Crippen molar-refractivity contribution in [3.63, 3.8) is 0 Å². The van der Waals surface area contributed by atoms with E-state index in [2.05, 4.69) is 15.6 Å². The number of nitrogens with zero attached hydrogens (tertiary/aromatic N) is 2. The molecule has 0 bridgehead atoms. The minimum Gasteiger partial charge on any atom is -0.459 e. The molecular weight excluding hydrogens is 392 g/mol. The molecule has 0 radical (unpaired) electrons. The Morgan fingerprint density at radius 2 is 2.10 bits per heavy atom. The smallest absolute Gasteiger partial charge is 0.289 e. The van der Waals surface area contributed by atoms with Crippen LogP contribution in [0.4, 0.5) is 10.8 Å². The molecule has 0 saturated carbocycles. The fraction of sp³-hybridized carbons (Fsp3) is 0.300. The highest BCUT2D eigenvalue weighted by atomic mass is 32.1. The van der Waals surface area contributed by atoms with Crippen LogP contribution in [0.2, 0.25) is 0 Å². The number of anilines is 2. The SMILES string of the molecule is CC(=O)Nc1ccc2nc(NC(=O)C3CCCN(C(=O)c4ccco4)C3)sc2c1. The number of aromatic nitrogens is 1. The lowest BCUT2D eigenvalue weighted by molar-refractivity contribution is -0.121. The number of nitrogens with one attached hydrogen (secondary N) is 2. The summed E-state index contributed by atoms with van der Waals surface area (Å²) in [5, 5.41) is 6.11. The number of thiazole rings is 1. The molecular formula is C20H20N4O4S. The van der Waals surface area contributed by atoms with E-state index in [4.69, 9.17) is 4.42 Å². The maximum Gasteiger partial charge on any atom is 0.289 e. The maximum atomic E-state index is 12.7. The van der Waals surface area contributed by atoms with Gasteiger partial charge in [-0.2, -0.15) is 0 Å². The van der Waals surface area contributed by atoms with Gasteiger partial charge in [-0.15, -0.1) is 0 Å². The number of hydrogen-bond donors (Lipinski definition) is 2. The Hall–Kier alpha value is -3.20. The zero-order chi connectivity index (χ0) is 20.4. The van der Waals surface area contributed by atoms with Gasteiger partial charge in [-0.3, -0.25) is 14.4 Å². The van der Waals surface area contributed by atoms with Crippen molar-refractivity contribution < 1.29 is 18.8 Å². The summed E-state index contributed by atoms with van der Waals surface area (Å²) in [4.78, 5) is 42.5. The first kappa shape index (κ1) is 19.1. The number of carbonyl (C=O) groups is 3. The topological polar surface area (TPSA) is 105 Å². The molecule has 0 spiro atoms. The Morgan fingerprint density at radius 3 is 2.86 bits per heavy atom. The van der Waals surface area contributed by atoms with Crippen LogP contribution in [0.15, 0.2) is 41.0 Å². The van der Waals surface area contributed by atoms with Crippen molar-refractivity contribution in [3.05, 3.63) is 42.4 Å². The standard InChI is InChI=1S/C20H20N4O4S/c1-12(25)21-14-6-7-15-17(10-14)29-20(22-15)23-18(26)13-4-2-8-24(11-13)19(27)16-5-3-9-28-16/h3,5-7,9-10,13H,2,4,8,11H2,1H3,(H,21,25)(H,22,23,26). The molecule has 3 heterocycles. The summed E-state index contributed by atoms with van der Waals surface area (Å²) < 4.78 is 6.05. The van der Waals surface area contributed by atoms with Crippen LogP contribution >= 0.6 is 11.3 Å². The van der Waals surface area contributed by atoms with Crippen molar-refractivity contribution in [2.24, 2.45) is 5.92 Å². The predicted molar refractivity (Wildman–Crippen MR) is 110 cm³/mol. The van der Waals surface area contributed by atoms with E-state index in [-0.39, 0.29) is 29.4 Å². The van der Waals surface area contributed by atoms with Crippen LogP contribution in [0, 0.1) is 5.92 Å². The van der Waals surface area contributed by atoms with E-state index in [1.165, 1.54) is 24.5 Å². The number of furan rings is 1. The predicted octanol–water partition coefficient (Wildman–Crippen LogP) is 3.34. The van der Waals surface area contributed by atoms with Gasteiger partial charge in [0.15, 0.2) is 10.9 Å². The van der Waals surface area contributed by atoms with Gasteiger partial charge >= 0.3 is 0 Å². The van der Waals surface area contributed by atoms with Crippen LogP contribution in [0.1, 0.15) is 30.3 Å². The molecule has 3 aromatic rings. The van der Waals surface area contributed by atoms with Crippen molar-refractivity contribution in [1.82, 2.24) is 9.88 Å². The van der Waals surface area contributed by atoms with Gasteiger partial charge in [0, 0.05) is 25.7 Å². The molecule has 2 aromatic heterocycles. The highest BCUT2D eigenvalue weighted by Crippen LogP contribution is 2.29. The van der Waals surface area contributed by atoms with E-state index in [1.807, 2.05) is 6.07 Å². The first-order valence-corrected chi connectivity index (χ1v) is 10.1. The molecule has 2 N–H and O–H groups in total. The molecule has 3 amide bonds. The maximum absolute atomic E-state index is 12.7. The summed E-state index contributed by atoms with van der Waals surface area (Å²) in [5.74, 6) is -0.508. The first-order chi connectivity index (χ1) is 14.0. The van der Waals surface area contributed by atoms with Crippen molar-refractivity contribution in [3.8, 4) is 0 Å². The molecule has 1 unspecified atom stereocenters.